The Kier molecular flexibility index (Phi) is 11.3. The van der Waals surface area contributed by atoms with Crippen molar-refractivity contribution < 1.29 is 23.5 Å². The van der Waals surface area contributed by atoms with E-state index in [0.717, 1.165) is 0 Å². The maximum atomic E-state index is 15.6. The van der Waals surface area contributed by atoms with Crippen molar-refractivity contribution in [3.05, 3.63) is 81.8 Å². The molecule has 0 aliphatic carbocycles. The molecule has 0 saturated carbocycles. The molecule has 3 aromatic rings. The van der Waals surface area contributed by atoms with Gasteiger partial charge in [0.2, 0.25) is 0 Å². The van der Waals surface area contributed by atoms with Gasteiger partial charge in [0, 0.05) is 33.6 Å². The SMILES string of the molecule is CCCOc1cc(OC)cc(C(Nc2ccc(C(=N)N)cc2)C(=O)NNC(=O)c2ncccc2Br)c1F.Cl. The first-order valence-electron chi connectivity index (χ1n) is 11.2. The van der Waals surface area contributed by atoms with Gasteiger partial charge in [-0.1, -0.05) is 6.92 Å². The molecule has 1 aromatic heterocycles. The van der Waals surface area contributed by atoms with E-state index >= 15 is 4.39 Å². The minimum Gasteiger partial charge on any atom is -0.497 e. The van der Waals surface area contributed by atoms with Crippen LogP contribution in [0.5, 0.6) is 11.5 Å². The van der Waals surface area contributed by atoms with Crippen LogP contribution in [0.4, 0.5) is 10.1 Å². The highest BCUT2D eigenvalue weighted by molar-refractivity contribution is 9.10. The molecule has 3 rings (SSSR count). The number of pyridine rings is 1. The summed E-state index contributed by atoms with van der Waals surface area (Å²) >= 11 is 3.23. The zero-order chi connectivity index (χ0) is 26.9. The first kappa shape index (κ1) is 30.3. The van der Waals surface area contributed by atoms with E-state index in [2.05, 4.69) is 37.1 Å². The van der Waals surface area contributed by atoms with Crippen molar-refractivity contribution >= 4 is 51.7 Å². The lowest BCUT2D eigenvalue weighted by Gasteiger charge is -2.22. The zero-order valence-electron chi connectivity index (χ0n) is 20.5. The molecule has 1 unspecified atom stereocenters. The van der Waals surface area contributed by atoms with Crippen molar-refractivity contribution in [2.75, 3.05) is 19.0 Å². The van der Waals surface area contributed by atoms with Crippen LogP contribution in [0, 0.1) is 11.2 Å². The van der Waals surface area contributed by atoms with Crippen LogP contribution in [-0.4, -0.2) is 36.4 Å². The Morgan fingerprint density at radius 1 is 1.18 bits per heavy atom. The van der Waals surface area contributed by atoms with Crippen LogP contribution in [0.15, 0.2) is 59.2 Å². The summed E-state index contributed by atoms with van der Waals surface area (Å²) in [5.74, 6) is -2.14. The summed E-state index contributed by atoms with van der Waals surface area (Å²) in [6.07, 6.45) is 2.08. The number of methoxy groups -OCH3 is 1. The predicted molar refractivity (Wildman–Crippen MR) is 147 cm³/mol. The fourth-order valence-corrected chi connectivity index (χ4v) is 3.67. The van der Waals surface area contributed by atoms with Gasteiger partial charge in [-0.05, 0) is 64.8 Å². The normalized spacial score (nSPS) is 10.9. The first-order chi connectivity index (χ1) is 17.7. The average Bonchev–Trinajstić information content (AvgIpc) is 2.90. The van der Waals surface area contributed by atoms with Gasteiger partial charge in [0.05, 0.1) is 13.7 Å². The molecule has 2 aromatic carbocycles. The average molecular weight is 610 g/mol. The number of amidine groups is 1. The van der Waals surface area contributed by atoms with Crippen molar-refractivity contribution in [1.82, 2.24) is 15.8 Å². The van der Waals surface area contributed by atoms with E-state index in [1.807, 2.05) is 6.92 Å². The zero-order valence-corrected chi connectivity index (χ0v) is 22.9. The molecule has 0 aliphatic rings. The fraction of sp³-hybridized carbons (Fsp3) is 0.200. The highest BCUT2D eigenvalue weighted by Crippen LogP contribution is 2.33. The molecular formula is C25H27BrClFN6O4. The molecule has 0 saturated heterocycles. The van der Waals surface area contributed by atoms with Gasteiger partial charge >= 0.3 is 0 Å². The third-order valence-electron chi connectivity index (χ3n) is 5.09. The second-order valence-corrected chi connectivity index (χ2v) is 8.58. The Bertz CT molecular complexity index is 1300. The molecule has 0 aliphatic heterocycles. The smallest absolute Gasteiger partial charge is 0.289 e. The number of anilines is 1. The van der Waals surface area contributed by atoms with Crippen molar-refractivity contribution in [2.45, 2.75) is 19.4 Å². The van der Waals surface area contributed by atoms with Gasteiger partial charge < -0.3 is 20.5 Å². The number of nitrogen functional groups attached to an aromatic ring is 1. The standard InChI is InChI=1S/C25H26BrFN6O4.ClH/c1-3-11-37-19-13-16(36-2)12-17(20(19)27)21(31-15-8-6-14(7-9-15)23(28)29)24(34)32-33-25(35)22-18(26)5-4-10-30-22;/h4-10,12-13,21,31H,3,11H2,1-2H3,(H3,28,29)(H,32,34)(H,33,35);1H. The Morgan fingerprint density at radius 3 is 2.50 bits per heavy atom. The maximum absolute atomic E-state index is 15.6. The number of amides is 2. The quantitative estimate of drug-likeness (QED) is 0.132. The summed E-state index contributed by atoms with van der Waals surface area (Å²) in [4.78, 5) is 29.8. The first-order valence-corrected chi connectivity index (χ1v) is 12.0. The Balaban J connectivity index is 0.00000507. The molecule has 10 nitrogen and oxygen atoms in total. The van der Waals surface area contributed by atoms with Gasteiger partial charge in [0.25, 0.3) is 11.8 Å². The van der Waals surface area contributed by atoms with Gasteiger partial charge in [0.15, 0.2) is 11.6 Å². The molecule has 0 bridgehead atoms. The van der Waals surface area contributed by atoms with Gasteiger partial charge in [0.1, 0.15) is 23.3 Å². The summed E-state index contributed by atoms with van der Waals surface area (Å²) in [5, 5.41) is 10.5. The van der Waals surface area contributed by atoms with E-state index in [-0.39, 0.29) is 47.6 Å². The number of benzene rings is 2. The molecule has 6 N–H and O–H groups in total. The minimum atomic E-state index is -1.32. The Labute approximate surface area is 233 Å². The highest BCUT2D eigenvalue weighted by Gasteiger charge is 2.28. The molecule has 0 spiro atoms. The van der Waals surface area contributed by atoms with Gasteiger partial charge in [-0.3, -0.25) is 25.8 Å². The molecular weight excluding hydrogens is 583 g/mol. The Morgan fingerprint density at radius 2 is 1.89 bits per heavy atom. The largest absolute Gasteiger partial charge is 0.497 e. The molecule has 13 heteroatoms. The van der Waals surface area contributed by atoms with E-state index in [9.17, 15) is 9.59 Å². The number of hydrogen-bond donors (Lipinski definition) is 5. The van der Waals surface area contributed by atoms with E-state index in [1.165, 1.54) is 25.4 Å². The van der Waals surface area contributed by atoms with Crippen LogP contribution in [0.2, 0.25) is 0 Å². The van der Waals surface area contributed by atoms with Gasteiger partial charge in [-0.25, -0.2) is 9.37 Å². The van der Waals surface area contributed by atoms with Crippen LogP contribution in [-0.2, 0) is 4.79 Å². The lowest BCUT2D eigenvalue weighted by atomic mass is 10.0. The van der Waals surface area contributed by atoms with Crippen LogP contribution in [0.3, 0.4) is 0 Å². The Hall–Kier alpha value is -3.90. The van der Waals surface area contributed by atoms with Crippen molar-refractivity contribution in [3.63, 3.8) is 0 Å². The molecule has 202 valence electrons. The lowest BCUT2D eigenvalue weighted by molar-refractivity contribution is -0.122. The lowest BCUT2D eigenvalue weighted by Crippen LogP contribution is -2.46. The van der Waals surface area contributed by atoms with Crippen molar-refractivity contribution in [2.24, 2.45) is 5.73 Å². The molecule has 0 fully saturated rings. The van der Waals surface area contributed by atoms with E-state index in [1.54, 1.807) is 36.4 Å². The predicted octanol–water partition coefficient (Wildman–Crippen LogP) is 4.10. The summed E-state index contributed by atoms with van der Waals surface area (Å²) in [7, 11) is 1.41. The number of carbonyl (C=O) groups excluding carboxylic acids is 2. The number of hydrogen-bond acceptors (Lipinski definition) is 7. The maximum Gasteiger partial charge on any atom is 0.289 e. The van der Waals surface area contributed by atoms with Crippen LogP contribution >= 0.6 is 28.3 Å². The summed E-state index contributed by atoms with van der Waals surface area (Å²) in [5.41, 5.74) is 11.0. The summed E-state index contributed by atoms with van der Waals surface area (Å²) < 4.78 is 26.8. The molecule has 38 heavy (non-hydrogen) atoms. The van der Waals surface area contributed by atoms with Gasteiger partial charge in [-0.15, -0.1) is 12.4 Å². The number of aromatic nitrogens is 1. The van der Waals surface area contributed by atoms with E-state index < -0.39 is 23.7 Å². The fourth-order valence-electron chi connectivity index (χ4n) is 3.24. The number of rotatable bonds is 10. The van der Waals surface area contributed by atoms with E-state index in [4.69, 9.17) is 20.6 Å². The van der Waals surface area contributed by atoms with Gasteiger partial charge in [-0.2, -0.15) is 0 Å². The summed E-state index contributed by atoms with van der Waals surface area (Å²) in [6, 6.07) is 11.0. The number of nitrogens with two attached hydrogens (primary N) is 1. The minimum absolute atomic E-state index is 0. The van der Waals surface area contributed by atoms with E-state index in [0.29, 0.717) is 22.1 Å². The number of ether oxygens (including phenoxy) is 2. The number of halogens is 3. The number of nitrogens with zero attached hydrogens (tertiary/aromatic N) is 1. The highest BCUT2D eigenvalue weighted by atomic mass is 79.9. The molecule has 0 radical (unpaired) electrons. The third kappa shape index (κ3) is 7.56. The molecule has 2 amide bonds. The molecule has 1 atom stereocenters. The van der Waals surface area contributed by atoms with Crippen molar-refractivity contribution in [1.29, 1.82) is 5.41 Å². The monoisotopic (exact) mass is 608 g/mol. The second-order valence-electron chi connectivity index (χ2n) is 7.72. The molecule has 1 heterocycles. The van der Waals surface area contributed by atoms with Crippen molar-refractivity contribution in [3.8, 4) is 11.5 Å². The van der Waals surface area contributed by atoms with Crippen LogP contribution in [0.1, 0.15) is 41.0 Å². The summed E-state index contributed by atoms with van der Waals surface area (Å²) in [6.45, 7) is 2.14. The number of hydrazine groups is 1. The van der Waals surface area contributed by atoms with Crippen LogP contribution < -0.4 is 31.4 Å². The topological polar surface area (TPSA) is 151 Å². The number of nitrogens with one attached hydrogen (secondary N) is 4. The van der Waals surface area contributed by atoms with Crippen LogP contribution in [0.25, 0.3) is 0 Å². The number of carbonyl (C=O) groups is 2. The third-order valence-corrected chi connectivity index (χ3v) is 5.73. The second kappa shape index (κ2) is 14.1.